The first-order valence-electron chi connectivity index (χ1n) is 5.75. The fourth-order valence-corrected chi connectivity index (χ4v) is 2.14. The van der Waals surface area contributed by atoms with Crippen LogP contribution in [0.4, 0.5) is 0 Å². The number of hydrogen-bond acceptors (Lipinski definition) is 7. The van der Waals surface area contributed by atoms with Crippen LogP contribution in [0.1, 0.15) is 13.3 Å². The lowest BCUT2D eigenvalue weighted by molar-refractivity contribution is -0.155. The molecule has 1 saturated heterocycles. The molecule has 1 aliphatic rings. The number of methoxy groups -OCH3 is 1. The minimum absolute atomic E-state index is 0.130. The van der Waals surface area contributed by atoms with Gasteiger partial charge in [-0.3, -0.25) is 14.5 Å². The summed E-state index contributed by atoms with van der Waals surface area (Å²) < 4.78 is 9.59. The van der Waals surface area contributed by atoms with Gasteiger partial charge in [-0.15, -0.1) is 0 Å². The summed E-state index contributed by atoms with van der Waals surface area (Å²) in [7, 11) is 1.33. The Labute approximate surface area is 105 Å². The lowest BCUT2D eigenvalue weighted by atomic mass is 10.1. The number of nitrogens with zero attached hydrogens (tertiary/aromatic N) is 1. The first kappa shape index (κ1) is 15.0. The summed E-state index contributed by atoms with van der Waals surface area (Å²) in [5, 5.41) is 19.4. The highest BCUT2D eigenvalue weighted by molar-refractivity contribution is 5.70. The molecule has 1 unspecified atom stereocenters. The van der Waals surface area contributed by atoms with Crippen LogP contribution in [0.5, 0.6) is 0 Å². The molecule has 0 aromatic rings. The van der Waals surface area contributed by atoms with Crippen LogP contribution in [-0.2, 0) is 19.1 Å². The van der Waals surface area contributed by atoms with Crippen LogP contribution in [0.15, 0.2) is 0 Å². The predicted octanol–water partition coefficient (Wildman–Crippen LogP) is -1.48. The van der Waals surface area contributed by atoms with Crippen molar-refractivity contribution in [3.05, 3.63) is 0 Å². The van der Waals surface area contributed by atoms with E-state index in [1.165, 1.54) is 14.0 Å². The standard InChI is InChI=1S/C11H19NO6/c1-7(14)18-8(6-13)5-12-4-3-9(15)10(12)11(16)17-2/h6,8-11,15-16H,3-5H2,1-2H3/t8-,9-,10+,11?/m0/s1. The van der Waals surface area contributed by atoms with Crippen LogP contribution >= 0.6 is 0 Å². The van der Waals surface area contributed by atoms with Crippen molar-refractivity contribution < 1.29 is 29.3 Å². The van der Waals surface area contributed by atoms with E-state index in [0.717, 1.165) is 0 Å². The van der Waals surface area contributed by atoms with Gasteiger partial charge in [0, 0.05) is 27.1 Å². The molecule has 7 nitrogen and oxygen atoms in total. The molecule has 0 amide bonds. The molecule has 0 aromatic carbocycles. The van der Waals surface area contributed by atoms with Crippen molar-refractivity contribution >= 4 is 12.3 Å². The van der Waals surface area contributed by atoms with E-state index in [-0.39, 0.29) is 6.54 Å². The zero-order valence-electron chi connectivity index (χ0n) is 10.5. The van der Waals surface area contributed by atoms with E-state index in [1.807, 2.05) is 0 Å². The smallest absolute Gasteiger partial charge is 0.303 e. The van der Waals surface area contributed by atoms with Gasteiger partial charge in [-0.1, -0.05) is 0 Å². The lowest BCUT2D eigenvalue weighted by Crippen LogP contribution is -2.48. The molecular weight excluding hydrogens is 242 g/mol. The Kier molecular flexibility index (Phi) is 5.67. The fraction of sp³-hybridized carbons (Fsp3) is 0.818. The van der Waals surface area contributed by atoms with Gasteiger partial charge in [-0.2, -0.15) is 0 Å². The van der Waals surface area contributed by atoms with Gasteiger partial charge >= 0.3 is 5.97 Å². The normalized spacial score (nSPS) is 27.8. The second kappa shape index (κ2) is 6.79. The highest BCUT2D eigenvalue weighted by Crippen LogP contribution is 2.21. The Balaban J connectivity index is 2.63. The first-order valence-corrected chi connectivity index (χ1v) is 5.75. The highest BCUT2D eigenvalue weighted by atomic mass is 16.6. The van der Waals surface area contributed by atoms with Gasteiger partial charge in [0.25, 0.3) is 0 Å². The summed E-state index contributed by atoms with van der Waals surface area (Å²) in [6.45, 7) is 1.85. The number of esters is 1. The third-order valence-corrected chi connectivity index (χ3v) is 2.95. The number of aldehydes is 1. The van der Waals surface area contributed by atoms with Crippen LogP contribution in [0.3, 0.4) is 0 Å². The molecule has 1 rings (SSSR count). The van der Waals surface area contributed by atoms with E-state index in [1.54, 1.807) is 4.90 Å². The van der Waals surface area contributed by atoms with Gasteiger partial charge in [0.1, 0.15) is 0 Å². The van der Waals surface area contributed by atoms with Crippen molar-refractivity contribution in [1.29, 1.82) is 0 Å². The topological polar surface area (TPSA) is 96.3 Å². The number of aliphatic hydroxyl groups excluding tert-OH is 2. The first-order chi connectivity index (χ1) is 8.49. The van der Waals surface area contributed by atoms with Crippen LogP contribution in [-0.4, -0.2) is 72.1 Å². The Morgan fingerprint density at radius 2 is 2.28 bits per heavy atom. The SMILES string of the molecule is COC(O)[C@H]1[C@@H](O)CCN1C[C@@H](C=O)OC(C)=O. The lowest BCUT2D eigenvalue weighted by Gasteiger charge is -2.30. The molecule has 0 radical (unpaired) electrons. The van der Waals surface area contributed by atoms with Crippen LogP contribution in [0, 0.1) is 0 Å². The van der Waals surface area contributed by atoms with E-state index in [2.05, 4.69) is 0 Å². The van der Waals surface area contributed by atoms with Gasteiger partial charge in [-0.25, -0.2) is 0 Å². The number of carbonyl (C=O) groups excluding carboxylic acids is 2. The molecule has 0 spiro atoms. The molecule has 4 atom stereocenters. The molecular formula is C11H19NO6. The quantitative estimate of drug-likeness (QED) is 0.342. The molecule has 0 saturated carbocycles. The summed E-state index contributed by atoms with van der Waals surface area (Å²) in [6.07, 6.45) is -1.78. The average Bonchev–Trinajstić information content (AvgIpc) is 2.68. The van der Waals surface area contributed by atoms with Gasteiger partial charge in [0.05, 0.1) is 12.1 Å². The molecule has 0 aromatic heterocycles. The van der Waals surface area contributed by atoms with Crippen LogP contribution in [0.25, 0.3) is 0 Å². The molecule has 0 aliphatic carbocycles. The Bertz CT molecular complexity index is 297. The van der Waals surface area contributed by atoms with Crippen LogP contribution in [0.2, 0.25) is 0 Å². The zero-order chi connectivity index (χ0) is 13.7. The molecule has 7 heteroatoms. The molecule has 0 bridgehead atoms. The van der Waals surface area contributed by atoms with Gasteiger partial charge in [0.2, 0.25) is 0 Å². The maximum Gasteiger partial charge on any atom is 0.303 e. The Hall–Kier alpha value is -1.02. The van der Waals surface area contributed by atoms with Gasteiger partial charge in [0.15, 0.2) is 18.7 Å². The van der Waals surface area contributed by atoms with E-state index in [0.29, 0.717) is 19.3 Å². The van der Waals surface area contributed by atoms with Crippen LogP contribution < -0.4 is 0 Å². The zero-order valence-corrected chi connectivity index (χ0v) is 10.5. The number of rotatable bonds is 6. The third-order valence-electron chi connectivity index (χ3n) is 2.95. The van der Waals surface area contributed by atoms with Crippen molar-refractivity contribution in [1.82, 2.24) is 4.90 Å². The number of likely N-dealkylation sites (tertiary alicyclic amines) is 1. The summed E-state index contributed by atoms with van der Waals surface area (Å²) in [6, 6.07) is -0.618. The summed E-state index contributed by atoms with van der Waals surface area (Å²) in [5.74, 6) is -0.546. The second-order valence-electron chi connectivity index (χ2n) is 4.25. The highest BCUT2D eigenvalue weighted by Gasteiger charge is 2.39. The maximum atomic E-state index is 10.8. The number of hydrogen-bond donors (Lipinski definition) is 2. The maximum absolute atomic E-state index is 10.8. The van der Waals surface area contributed by atoms with Crippen molar-refractivity contribution in [2.75, 3.05) is 20.2 Å². The molecule has 18 heavy (non-hydrogen) atoms. The summed E-state index contributed by atoms with van der Waals surface area (Å²) in [5.41, 5.74) is 0. The van der Waals surface area contributed by atoms with E-state index < -0.39 is 30.5 Å². The minimum Gasteiger partial charge on any atom is -0.453 e. The molecule has 1 heterocycles. The monoisotopic (exact) mass is 261 g/mol. The van der Waals surface area contributed by atoms with E-state index in [4.69, 9.17) is 9.47 Å². The van der Waals surface area contributed by atoms with Crippen molar-refractivity contribution in [3.8, 4) is 0 Å². The van der Waals surface area contributed by atoms with Gasteiger partial charge < -0.3 is 19.7 Å². The number of carbonyl (C=O) groups is 2. The van der Waals surface area contributed by atoms with Crippen molar-refractivity contribution in [2.24, 2.45) is 0 Å². The molecule has 1 aliphatic heterocycles. The average molecular weight is 261 g/mol. The Morgan fingerprint density at radius 1 is 1.61 bits per heavy atom. The molecule has 104 valence electrons. The number of ether oxygens (including phenoxy) is 2. The fourth-order valence-electron chi connectivity index (χ4n) is 2.14. The largest absolute Gasteiger partial charge is 0.453 e. The summed E-state index contributed by atoms with van der Waals surface area (Å²) in [4.78, 5) is 23.3. The molecule has 1 fully saturated rings. The Morgan fingerprint density at radius 3 is 2.78 bits per heavy atom. The summed E-state index contributed by atoms with van der Waals surface area (Å²) >= 11 is 0. The third kappa shape index (κ3) is 3.74. The van der Waals surface area contributed by atoms with Gasteiger partial charge in [-0.05, 0) is 6.42 Å². The molecule has 2 N–H and O–H groups in total. The number of aliphatic hydroxyl groups is 2. The minimum atomic E-state index is -1.15. The van der Waals surface area contributed by atoms with E-state index in [9.17, 15) is 19.8 Å². The van der Waals surface area contributed by atoms with Crippen molar-refractivity contribution in [3.63, 3.8) is 0 Å². The second-order valence-corrected chi connectivity index (χ2v) is 4.25. The van der Waals surface area contributed by atoms with Crippen molar-refractivity contribution in [2.45, 2.75) is 37.9 Å². The predicted molar refractivity (Wildman–Crippen MR) is 60.6 cm³/mol. The van der Waals surface area contributed by atoms with E-state index >= 15 is 0 Å².